The summed E-state index contributed by atoms with van der Waals surface area (Å²) in [7, 11) is 0. The van der Waals surface area contributed by atoms with Gasteiger partial charge >= 0.3 is 6.03 Å². The minimum atomic E-state index is -0.873. The first kappa shape index (κ1) is 12.9. The Morgan fingerprint density at radius 3 is 2.36 bits per heavy atom. The van der Waals surface area contributed by atoms with Crippen LogP contribution in [-0.2, 0) is 4.79 Å². The van der Waals surface area contributed by atoms with E-state index in [1.54, 1.807) is 0 Å². The Hall–Kier alpha value is -1.14. The van der Waals surface area contributed by atoms with Gasteiger partial charge in [-0.15, -0.1) is 0 Å². The SMILES string of the molecule is CC(C)C(CO)NCC(=O)NC(N)=O. The van der Waals surface area contributed by atoms with E-state index in [0.29, 0.717) is 0 Å². The second kappa shape index (κ2) is 6.33. The topological polar surface area (TPSA) is 104 Å². The molecule has 0 aromatic carbocycles. The van der Waals surface area contributed by atoms with Crippen molar-refractivity contribution in [3.8, 4) is 0 Å². The van der Waals surface area contributed by atoms with Crippen molar-refractivity contribution in [2.75, 3.05) is 13.2 Å². The molecule has 6 heteroatoms. The lowest BCUT2D eigenvalue weighted by atomic mass is 10.1. The van der Waals surface area contributed by atoms with E-state index in [2.05, 4.69) is 5.32 Å². The van der Waals surface area contributed by atoms with Crippen molar-refractivity contribution in [1.82, 2.24) is 10.6 Å². The highest BCUT2D eigenvalue weighted by atomic mass is 16.3. The molecule has 1 unspecified atom stereocenters. The molecule has 0 saturated heterocycles. The predicted octanol–water partition coefficient (Wildman–Crippen LogP) is -1.21. The zero-order valence-electron chi connectivity index (χ0n) is 8.41. The normalized spacial score (nSPS) is 12.6. The Balaban J connectivity index is 3.79. The highest BCUT2D eigenvalue weighted by molar-refractivity contribution is 5.94. The van der Waals surface area contributed by atoms with Crippen LogP contribution in [-0.4, -0.2) is 36.2 Å². The molecular weight excluding hydrogens is 186 g/mol. The second-order valence-corrected chi connectivity index (χ2v) is 3.33. The Morgan fingerprint density at radius 2 is 2.00 bits per heavy atom. The van der Waals surface area contributed by atoms with Gasteiger partial charge in [-0.05, 0) is 5.92 Å². The summed E-state index contributed by atoms with van der Waals surface area (Å²) in [6.07, 6.45) is 0. The molecular formula is C8H17N3O3. The molecule has 5 N–H and O–H groups in total. The van der Waals surface area contributed by atoms with E-state index in [0.717, 1.165) is 0 Å². The second-order valence-electron chi connectivity index (χ2n) is 3.33. The first-order valence-electron chi connectivity index (χ1n) is 4.41. The zero-order chi connectivity index (χ0) is 11.1. The zero-order valence-corrected chi connectivity index (χ0v) is 8.41. The van der Waals surface area contributed by atoms with Crippen molar-refractivity contribution in [1.29, 1.82) is 0 Å². The summed E-state index contributed by atoms with van der Waals surface area (Å²) in [6.45, 7) is 3.74. The number of imide groups is 1. The molecule has 0 aromatic rings. The standard InChI is InChI=1S/C8H17N3O3/c1-5(2)6(4-12)10-3-7(13)11-8(9)14/h5-6,10,12H,3-4H2,1-2H3,(H3,9,11,13,14). The van der Waals surface area contributed by atoms with Gasteiger partial charge < -0.3 is 16.2 Å². The Morgan fingerprint density at radius 1 is 1.43 bits per heavy atom. The van der Waals surface area contributed by atoms with Gasteiger partial charge in [-0.3, -0.25) is 10.1 Å². The van der Waals surface area contributed by atoms with Crippen LogP contribution >= 0.6 is 0 Å². The number of nitrogens with two attached hydrogens (primary N) is 1. The number of carbonyl (C=O) groups is 2. The number of aliphatic hydroxyl groups excluding tert-OH is 1. The lowest BCUT2D eigenvalue weighted by Gasteiger charge is -2.19. The van der Waals surface area contributed by atoms with Crippen molar-refractivity contribution < 1.29 is 14.7 Å². The average molecular weight is 203 g/mol. The highest BCUT2D eigenvalue weighted by Gasteiger charge is 2.13. The van der Waals surface area contributed by atoms with Crippen LogP contribution in [0.15, 0.2) is 0 Å². The van der Waals surface area contributed by atoms with Gasteiger partial charge in [0.05, 0.1) is 13.2 Å². The van der Waals surface area contributed by atoms with Gasteiger partial charge in [0.2, 0.25) is 5.91 Å². The van der Waals surface area contributed by atoms with E-state index in [1.165, 1.54) is 0 Å². The van der Waals surface area contributed by atoms with E-state index in [9.17, 15) is 9.59 Å². The van der Waals surface area contributed by atoms with Gasteiger partial charge in [0.15, 0.2) is 0 Å². The molecule has 0 aromatic heterocycles. The first-order chi connectivity index (χ1) is 6.47. The van der Waals surface area contributed by atoms with Gasteiger partial charge in [0.25, 0.3) is 0 Å². The number of primary amides is 1. The minimum absolute atomic E-state index is 0.0354. The maximum atomic E-state index is 10.9. The summed E-state index contributed by atoms with van der Waals surface area (Å²) in [5.74, 6) is -0.294. The third-order valence-electron chi connectivity index (χ3n) is 1.79. The van der Waals surface area contributed by atoms with E-state index in [-0.39, 0.29) is 25.1 Å². The number of nitrogens with one attached hydrogen (secondary N) is 2. The third-order valence-corrected chi connectivity index (χ3v) is 1.79. The summed E-state index contributed by atoms with van der Waals surface area (Å²) in [5, 5.41) is 13.6. The van der Waals surface area contributed by atoms with Crippen LogP contribution in [0.3, 0.4) is 0 Å². The number of urea groups is 1. The quantitative estimate of drug-likeness (QED) is 0.450. The van der Waals surface area contributed by atoms with Crippen LogP contribution in [0.2, 0.25) is 0 Å². The van der Waals surface area contributed by atoms with Crippen LogP contribution in [0.4, 0.5) is 4.79 Å². The maximum Gasteiger partial charge on any atom is 0.318 e. The Kier molecular flexibility index (Phi) is 5.82. The molecule has 0 saturated carbocycles. The third kappa shape index (κ3) is 5.50. The van der Waals surface area contributed by atoms with Crippen molar-refractivity contribution in [2.24, 2.45) is 11.7 Å². The molecule has 0 bridgehead atoms. The monoisotopic (exact) mass is 203 g/mol. The molecule has 0 spiro atoms. The van der Waals surface area contributed by atoms with Crippen LogP contribution in [0.1, 0.15) is 13.8 Å². The van der Waals surface area contributed by atoms with E-state index < -0.39 is 11.9 Å². The molecule has 3 amide bonds. The van der Waals surface area contributed by atoms with E-state index in [1.807, 2.05) is 19.2 Å². The van der Waals surface area contributed by atoms with E-state index >= 15 is 0 Å². The highest BCUT2D eigenvalue weighted by Crippen LogP contribution is 1.99. The smallest absolute Gasteiger partial charge is 0.318 e. The van der Waals surface area contributed by atoms with Crippen molar-refractivity contribution in [3.05, 3.63) is 0 Å². The summed E-state index contributed by atoms with van der Waals surface area (Å²) in [4.78, 5) is 21.2. The first-order valence-corrected chi connectivity index (χ1v) is 4.41. The van der Waals surface area contributed by atoms with Gasteiger partial charge in [-0.25, -0.2) is 4.79 Å². The molecule has 0 rings (SSSR count). The molecule has 0 aliphatic rings. The molecule has 0 fully saturated rings. The molecule has 0 aliphatic heterocycles. The van der Waals surface area contributed by atoms with Gasteiger partial charge in [0.1, 0.15) is 0 Å². The van der Waals surface area contributed by atoms with Crippen LogP contribution < -0.4 is 16.4 Å². The fourth-order valence-corrected chi connectivity index (χ4v) is 0.916. The number of rotatable bonds is 5. The molecule has 82 valence electrons. The summed E-state index contributed by atoms with van der Waals surface area (Å²) in [6, 6.07) is -1.03. The van der Waals surface area contributed by atoms with Crippen molar-refractivity contribution >= 4 is 11.9 Å². The largest absolute Gasteiger partial charge is 0.395 e. The molecule has 0 radical (unpaired) electrons. The molecule has 0 aliphatic carbocycles. The fourth-order valence-electron chi connectivity index (χ4n) is 0.916. The molecule has 6 nitrogen and oxygen atoms in total. The predicted molar refractivity (Wildman–Crippen MR) is 51.4 cm³/mol. The van der Waals surface area contributed by atoms with Crippen LogP contribution in [0.5, 0.6) is 0 Å². The van der Waals surface area contributed by atoms with Crippen molar-refractivity contribution in [2.45, 2.75) is 19.9 Å². The number of hydrogen-bond donors (Lipinski definition) is 4. The molecule has 0 heterocycles. The van der Waals surface area contributed by atoms with Crippen LogP contribution in [0, 0.1) is 5.92 Å². The van der Waals surface area contributed by atoms with Crippen LogP contribution in [0.25, 0.3) is 0 Å². The lowest BCUT2D eigenvalue weighted by Crippen LogP contribution is -2.45. The minimum Gasteiger partial charge on any atom is -0.395 e. The number of carbonyl (C=O) groups excluding carboxylic acids is 2. The van der Waals surface area contributed by atoms with Crippen molar-refractivity contribution in [3.63, 3.8) is 0 Å². The maximum absolute atomic E-state index is 10.9. The van der Waals surface area contributed by atoms with Gasteiger partial charge in [0, 0.05) is 6.04 Å². The molecule has 1 atom stereocenters. The fraction of sp³-hybridized carbons (Fsp3) is 0.750. The van der Waals surface area contributed by atoms with Gasteiger partial charge in [-0.2, -0.15) is 0 Å². The number of aliphatic hydroxyl groups is 1. The van der Waals surface area contributed by atoms with E-state index in [4.69, 9.17) is 10.8 Å². The number of amides is 3. The number of hydrogen-bond acceptors (Lipinski definition) is 4. The summed E-state index contributed by atoms with van der Waals surface area (Å²) < 4.78 is 0. The Bertz CT molecular complexity index is 206. The Labute approximate surface area is 82.9 Å². The summed E-state index contributed by atoms with van der Waals surface area (Å²) in [5.41, 5.74) is 4.74. The summed E-state index contributed by atoms with van der Waals surface area (Å²) >= 11 is 0. The average Bonchev–Trinajstić information content (AvgIpc) is 2.03. The molecule has 14 heavy (non-hydrogen) atoms. The lowest BCUT2D eigenvalue weighted by molar-refractivity contribution is -0.119. The van der Waals surface area contributed by atoms with Gasteiger partial charge in [-0.1, -0.05) is 13.8 Å².